The minimum atomic E-state index is -0.127. The van der Waals surface area contributed by atoms with Crippen LogP contribution >= 0.6 is 0 Å². The molecule has 28 heavy (non-hydrogen) atoms. The maximum atomic E-state index is 13.4. The predicted molar refractivity (Wildman–Crippen MR) is 108 cm³/mol. The van der Waals surface area contributed by atoms with E-state index in [0.29, 0.717) is 42.1 Å². The van der Waals surface area contributed by atoms with Gasteiger partial charge in [-0.15, -0.1) is 0 Å². The van der Waals surface area contributed by atoms with Gasteiger partial charge in [0.1, 0.15) is 12.4 Å². The summed E-state index contributed by atoms with van der Waals surface area (Å²) in [6.45, 7) is 9.16. The largest absolute Gasteiger partial charge is 0.491 e. The van der Waals surface area contributed by atoms with Gasteiger partial charge in [0, 0.05) is 37.6 Å². The van der Waals surface area contributed by atoms with Gasteiger partial charge in [0.15, 0.2) is 0 Å². The van der Waals surface area contributed by atoms with E-state index in [-0.39, 0.29) is 11.8 Å². The molecule has 0 radical (unpaired) electrons. The minimum Gasteiger partial charge on any atom is -0.491 e. The van der Waals surface area contributed by atoms with Crippen molar-refractivity contribution in [3.05, 3.63) is 57.4 Å². The molecule has 6 nitrogen and oxygen atoms in total. The predicted octanol–water partition coefficient (Wildman–Crippen LogP) is 3.05. The molecule has 1 aromatic heterocycles. The molecule has 1 aromatic carbocycles. The molecule has 2 amide bonds. The normalized spacial score (nSPS) is 13.6. The zero-order valence-electron chi connectivity index (χ0n) is 17.4. The van der Waals surface area contributed by atoms with E-state index in [9.17, 15) is 9.59 Å². The Kier molecular flexibility index (Phi) is 5.40. The molecule has 0 aliphatic carbocycles. The molecule has 2 aromatic rings. The lowest BCUT2D eigenvalue weighted by atomic mass is 9.98. The monoisotopic (exact) mass is 381 g/mol. The van der Waals surface area contributed by atoms with Crippen molar-refractivity contribution in [1.82, 2.24) is 14.8 Å². The molecule has 0 bridgehead atoms. The second-order valence-electron chi connectivity index (χ2n) is 7.53. The Morgan fingerprint density at radius 3 is 2.57 bits per heavy atom. The number of rotatable bonds is 3. The molecule has 1 aliphatic heterocycles. The molecule has 3 rings (SSSR count). The Morgan fingerprint density at radius 2 is 1.93 bits per heavy atom. The summed E-state index contributed by atoms with van der Waals surface area (Å²) in [7, 11) is 3.40. The number of fused-ring (bicyclic) bond motifs is 1. The second-order valence-corrected chi connectivity index (χ2v) is 7.53. The topological polar surface area (TPSA) is 62.7 Å². The minimum absolute atomic E-state index is 0.113. The highest BCUT2D eigenvalue weighted by molar-refractivity contribution is 6.04. The number of aromatic nitrogens is 1. The molecule has 0 atom stereocenters. The summed E-state index contributed by atoms with van der Waals surface area (Å²) in [6, 6.07) is 5.50. The van der Waals surface area contributed by atoms with Gasteiger partial charge < -0.3 is 14.5 Å². The van der Waals surface area contributed by atoms with Crippen molar-refractivity contribution in [2.24, 2.45) is 0 Å². The summed E-state index contributed by atoms with van der Waals surface area (Å²) in [5, 5.41) is 0. The Balaban J connectivity index is 2.01. The van der Waals surface area contributed by atoms with Gasteiger partial charge >= 0.3 is 0 Å². The van der Waals surface area contributed by atoms with Gasteiger partial charge in [0.25, 0.3) is 11.8 Å². The van der Waals surface area contributed by atoms with Crippen LogP contribution in [0.4, 0.5) is 0 Å². The van der Waals surface area contributed by atoms with E-state index < -0.39 is 0 Å². The van der Waals surface area contributed by atoms with Crippen molar-refractivity contribution in [2.75, 3.05) is 27.2 Å². The molecular weight excluding hydrogens is 354 g/mol. The first-order valence-corrected chi connectivity index (χ1v) is 9.41. The number of carbonyl (C=O) groups excluding carboxylic acids is 2. The molecule has 0 N–H and O–H groups in total. The van der Waals surface area contributed by atoms with E-state index in [1.165, 1.54) is 4.90 Å². The maximum Gasteiger partial charge on any atom is 0.258 e. The van der Waals surface area contributed by atoms with E-state index in [4.69, 9.17) is 4.74 Å². The number of hydrogen-bond donors (Lipinski definition) is 0. The third-order valence-corrected chi connectivity index (χ3v) is 5.21. The van der Waals surface area contributed by atoms with Crippen LogP contribution < -0.4 is 4.74 Å². The van der Waals surface area contributed by atoms with E-state index in [1.807, 2.05) is 33.8 Å². The first-order chi connectivity index (χ1) is 13.2. The van der Waals surface area contributed by atoms with Crippen LogP contribution in [0.1, 0.15) is 48.8 Å². The third kappa shape index (κ3) is 3.59. The number of carbonyl (C=O) groups is 2. The Bertz CT molecular complexity index is 927. The maximum absolute atomic E-state index is 13.4. The van der Waals surface area contributed by atoms with Crippen molar-refractivity contribution < 1.29 is 14.3 Å². The van der Waals surface area contributed by atoms with Crippen molar-refractivity contribution >= 4 is 11.8 Å². The number of hydrogen-bond acceptors (Lipinski definition) is 4. The van der Waals surface area contributed by atoms with E-state index in [0.717, 1.165) is 22.5 Å². The molecule has 6 heteroatoms. The summed E-state index contributed by atoms with van der Waals surface area (Å²) in [5.41, 5.74) is 5.73. The van der Waals surface area contributed by atoms with Crippen LogP contribution in [0.25, 0.3) is 0 Å². The van der Waals surface area contributed by atoms with Gasteiger partial charge in [-0.1, -0.05) is 0 Å². The number of amides is 2. The highest BCUT2D eigenvalue weighted by atomic mass is 16.5. The highest BCUT2D eigenvalue weighted by Gasteiger charge is 2.29. The molecule has 0 saturated heterocycles. The van der Waals surface area contributed by atoms with Gasteiger partial charge in [-0.25, -0.2) is 0 Å². The SMILES string of the molecule is Cc1cc(C)c(CN2CCOc3ccc(C(=O)N(C)C)c(C)c3C2=O)c(C)n1. The van der Waals surface area contributed by atoms with Crippen LogP contribution in [-0.4, -0.2) is 53.8 Å². The number of pyridine rings is 1. The van der Waals surface area contributed by atoms with Crippen molar-refractivity contribution in [1.29, 1.82) is 0 Å². The Morgan fingerprint density at radius 1 is 1.21 bits per heavy atom. The second kappa shape index (κ2) is 7.62. The van der Waals surface area contributed by atoms with Gasteiger partial charge in [0.05, 0.1) is 12.1 Å². The van der Waals surface area contributed by atoms with Crippen LogP contribution in [0.2, 0.25) is 0 Å². The molecule has 0 fully saturated rings. The molecule has 0 spiro atoms. The fourth-order valence-electron chi connectivity index (χ4n) is 3.70. The van der Waals surface area contributed by atoms with E-state index >= 15 is 0 Å². The summed E-state index contributed by atoms with van der Waals surface area (Å²) in [5.74, 6) is 0.298. The molecule has 148 valence electrons. The molecule has 2 heterocycles. The summed E-state index contributed by atoms with van der Waals surface area (Å²) in [4.78, 5) is 33.7. The quantitative estimate of drug-likeness (QED) is 0.820. The summed E-state index contributed by atoms with van der Waals surface area (Å²) < 4.78 is 5.84. The number of aryl methyl sites for hydroxylation is 3. The number of benzene rings is 1. The van der Waals surface area contributed by atoms with E-state index in [1.54, 1.807) is 31.1 Å². The van der Waals surface area contributed by atoms with E-state index in [2.05, 4.69) is 4.98 Å². The molecular formula is C22H27N3O3. The van der Waals surface area contributed by atoms with Crippen LogP contribution in [0.5, 0.6) is 5.75 Å². The van der Waals surface area contributed by atoms with Crippen LogP contribution in [0.3, 0.4) is 0 Å². The van der Waals surface area contributed by atoms with Crippen LogP contribution in [-0.2, 0) is 6.54 Å². The lowest BCUT2D eigenvalue weighted by molar-refractivity contribution is 0.0741. The molecule has 0 unspecified atom stereocenters. The van der Waals surface area contributed by atoms with Crippen LogP contribution in [0.15, 0.2) is 18.2 Å². The van der Waals surface area contributed by atoms with Gasteiger partial charge in [-0.3, -0.25) is 14.6 Å². The fourth-order valence-corrected chi connectivity index (χ4v) is 3.70. The van der Waals surface area contributed by atoms with Crippen LogP contribution in [0, 0.1) is 27.7 Å². The fraction of sp³-hybridized carbons (Fsp3) is 0.409. The van der Waals surface area contributed by atoms with Gasteiger partial charge in [0.2, 0.25) is 0 Å². The zero-order valence-corrected chi connectivity index (χ0v) is 17.4. The Labute approximate surface area is 166 Å². The first kappa shape index (κ1) is 19.9. The van der Waals surface area contributed by atoms with Crippen molar-refractivity contribution in [2.45, 2.75) is 34.2 Å². The standard InChI is InChI=1S/C22H27N3O3/c1-13-11-14(2)23-16(4)18(13)12-25-9-10-28-19-8-7-17(21(26)24(5)6)15(3)20(19)22(25)27/h7-8,11H,9-10,12H2,1-6H3. The molecule has 0 saturated carbocycles. The summed E-state index contributed by atoms with van der Waals surface area (Å²) in [6.07, 6.45) is 0. The molecule has 1 aliphatic rings. The lowest BCUT2D eigenvalue weighted by Gasteiger charge is -2.23. The smallest absolute Gasteiger partial charge is 0.258 e. The zero-order chi connectivity index (χ0) is 20.6. The van der Waals surface area contributed by atoms with Gasteiger partial charge in [-0.05, 0) is 62.6 Å². The number of nitrogens with zero attached hydrogens (tertiary/aromatic N) is 3. The Hall–Kier alpha value is -2.89. The average Bonchev–Trinajstić information content (AvgIpc) is 2.77. The summed E-state index contributed by atoms with van der Waals surface area (Å²) >= 11 is 0. The van der Waals surface area contributed by atoms with Crippen molar-refractivity contribution in [3.8, 4) is 5.75 Å². The van der Waals surface area contributed by atoms with Gasteiger partial charge in [-0.2, -0.15) is 0 Å². The lowest BCUT2D eigenvalue weighted by Crippen LogP contribution is -2.33. The third-order valence-electron chi connectivity index (χ3n) is 5.21. The average molecular weight is 381 g/mol. The number of ether oxygens (including phenoxy) is 1. The first-order valence-electron chi connectivity index (χ1n) is 9.41. The van der Waals surface area contributed by atoms with Crippen molar-refractivity contribution in [3.63, 3.8) is 0 Å². The highest BCUT2D eigenvalue weighted by Crippen LogP contribution is 2.30.